The van der Waals surface area contributed by atoms with E-state index in [9.17, 15) is 9.59 Å². The lowest BCUT2D eigenvalue weighted by Crippen LogP contribution is -2.10. The van der Waals surface area contributed by atoms with E-state index in [-0.39, 0.29) is 18.5 Å². The van der Waals surface area contributed by atoms with Crippen LogP contribution < -0.4 is 0 Å². The second-order valence-corrected chi connectivity index (χ2v) is 4.99. The van der Waals surface area contributed by atoms with Crippen molar-refractivity contribution in [2.45, 2.75) is 13.5 Å². The summed E-state index contributed by atoms with van der Waals surface area (Å²) < 4.78 is 6.67. The third-order valence-electron chi connectivity index (χ3n) is 3.46. The normalized spacial score (nSPS) is 10.6. The van der Waals surface area contributed by atoms with Crippen LogP contribution in [0.4, 0.5) is 0 Å². The highest BCUT2D eigenvalue weighted by molar-refractivity contribution is 6.02. The molecule has 3 aromatic rings. The molecule has 0 fully saturated rings. The van der Waals surface area contributed by atoms with Gasteiger partial charge in [0.25, 0.3) is 5.91 Å². The summed E-state index contributed by atoms with van der Waals surface area (Å²) in [6.07, 6.45) is 1.74. The van der Waals surface area contributed by atoms with E-state index in [2.05, 4.69) is 0 Å². The molecule has 0 radical (unpaired) electrons. The van der Waals surface area contributed by atoms with Crippen molar-refractivity contribution in [3.05, 3.63) is 71.9 Å². The van der Waals surface area contributed by atoms with Crippen molar-refractivity contribution in [2.24, 2.45) is 0 Å². The summed E-state index contributed by atoms with van der Waals surface area (Å²) in [6, 6.07) is 16.7. The van der Waals surface area contributed by atoms with Crippen LogP contribution in [0.5, 0.6) is 0 Å². The Morgan fingerprint density at radius 3 is 2.41 bits per heavy atom. The molecule has 0 bridgehead atoms. The number of carbonyl (C=O) groups excluding carboxylic acids is 2. The number of carbonyl (C=O) groups is 2. The first-order chi connectivity index (χ1) is 10.7. The van der Waals surface area contributed by atoms with Gasteiger partial charge in [0, 0.05) is 29.6 Å². The van der Waals surface area contributed by atoms with Gasteiger partial charge < -0.3 is 4.74 Å². The second kappa shape index (κ2) is 5.85. The van der Waals surface area contributed by atoms with Crippen molar-refractivity contribution < 1.29 is 14.3 Å². The van der Waals surface area contributed by atoms with E-state index < -0.39 is 0 Å². The average Bonchev–Trinajstić information content (AvgIpc) is 2.92. The highest BCUT2D eigenvalue weighted by Gasteiger charge is 2.15. The molecule has 0 N–H and O–H groups in total. The van der Waals surface area contributed by atoms with Crippen molar-refractivity contribution in [2.75, 3.05) is 0 Å². The van der Waals surface area contributed by atoms with Crippen LogP contribution in [0, 0.1) is 0 Å². The molecule has 22 heavy (non-hydrogen) atoms. The Hall–Kier alpha value is -2.88. The maximum atomic E-state index is 12.7. The van der Waals surface area contributed by atoms with Crippen LogP contribution >= 0.6 is 0 Å². The maximum absolute atomic E-state index is 12.7. The Morgan fingerprint density at radius 1 is 1.00 bits per heavy atom. The predicted molar refractivity (Wildman–Crippen MR) is 83.6 cm³/mol. The molecule has 0 saturated heterocycles. The van der Waals surface area contributed by atoms with Crippen LogP contribution in [0.2, 0.25) is 0 Å². The Kier molecular flexibility index (Phi) is 3.74. The molecule has 0 saturated carbocycles. The number of esters is 1. The number of hydrogen-bond acceptors (Lipinski definition) is 3. The molecule has 0 amide bonds. The van der Waals surface area contributed by atoms with Crippen molar-refractivity contribution in [3.63, 3.8) is 0 Å². The van der Waals surface area contributed by atoms with Gasteiger partial charge in [-0.1, -0.05) is 36.4 Å². The SMILES string of the molecule is CC(=O)OCc1cn(C(=O)c2ccccc2)c2ccccc12. The van der Waals surface area contributed by atoms with Gasteiger partial charge in [0.2, 0.25) is 0 Å². The predicted octanol–water partition coefficient (Wildman–Crippen LogP) is 3.39. The third-order valence-corrected chi connectivity index (χ3v) is 3.46. The largest absolute Gasteiger partial charge is 0.461 e. The monoisotopic (exact) mass is 293 g/mol. The fraction of sp³-hybridized carbons (Fsp3) is 0.111. The molecule has 0 aliphatic rings. The Labute approximate surface area is 127 Å². The first-order valence-electron chi connectivity index (χ1n) is 6.99. The topological polar surface area (TPSA) is 48.3 Å². The van der Waals surface area contributed by atoms with E-state index in [4.69, 9.17) is 4.74 Å². The van der Waals surface area contributed by atoms with Gasteiger partial charge in [0.15, 0.2) is 0 Å². The van der Waals surface area contributed by atoms with E-state index in [1.807, 2.05) is 42.5 Å². The number of ether oxygens (including phenoxy) is 1. The van der Waals surface area contributed by atoms with Gasteiger partial charge in [0.1, 0.15) is 6.61 Å². The highest BCUT2D eigenvalue weighted by atomic mass is 16.5. The van der Waals surface area contributed by atoms with Gasteiger partial charge in [-0.2, -0.15) is 0 Å². The van der Waals surface area contributed by atoms with Crippen molar-refractivity contribution in [1.82, 2.24) is 4.57 Å². The number of aromatic nitrogens is 1. The van der Waals surface area contributed by atoms with Crippen LogP contribution in [0.3, 0.4) is 0 Å². The summed E-state index contributed by atoms with van der Waals surface area (Å²) in [5, 5.41) is 0.910. The van der Waals surface area contributed by atoms with Gasteiger partial charge in [-0.25, -0.2) is 0 Å². The van der Waals surface area contributed by atoms with Gasteiger partial charge in [0.05, 0.1) is 5.52 Å². The summed E-state index contributed by atoms with van der Waals surface area (Å²) in [6.45, 7) is 1.53. The molecule has 1 aromatic heterocycles. The summed E-state index contributed by atoms with van der Waals surface area (Å²) >= 11 is 0. The zero-order valence-corrected chi connectivity index (χ0v) is 12.2. The quantitative estimate of drug-likeness (QED) is 0.695. The van der Waals surface area contributed by atoms with Crippen LogP contribution in [-0.2, 0) is 16.1 Å². The molecule has 4 heteroatoms. The lowest BCUT2D eigenvalue weighted by atomic mass is 10.2. The summed E-state index contributed by atoms with van der Waals surface area (Å²) in [7, 11) is 0. The van der Waals surface area contributed by atoms with Crippen LogP contribution in [0.25, 0.3) is 10.9 Å². The molecule has 3 rings (SSSR count). The average molecular weight is 293 g/mol. The number of benzene rings is 2. The molecule has 110 valence electrons. The lowest BCUT2D eigenvalue weighted by molar-refractivity contribution is -0.142. The van der Waals surface area contributed by atoms with Crippen LogP contribution in [0.1, 0.15) is 22.8 Å². The minimum Gasteiger partial charge on any atom is -0.461 e. The van der Waals surface area contributed by atoms with Gasteiger partial charge in [-0.05, 0) is 18.2 Å². The second-order valence-electron chi connectivity index (χ2n) is 4.99. The van der Waals surface area contributed by atoms with Crippen molar-refractivity contribution >= 4 is 22.8 Å². The number of nitrogens with zero attached hydrogens (tertiary/aromatic N) is 1. The summed E-state index contributed by atoms with van der Waals surface area (Å²) in [5.74, 6) is -0.447. The van der Waals surface area contributed by atoms with Gasteiger partial charge >= 0.3 is 5.97 Å². The molecule has 1 heterocycles. The van der Waals surface area contributed by atoms with E-state index in [0.29, 0.717) is 5.56 Å². The molecule has 0 atom stereocenters. The summed E-state index contributed by atoms with van der Waals surface area (Å²) in [4.78, 5) is 23.7. The van der Waals surface area contributed by atoms with E-state index in [0.717, 1.165) is 16.5 Å². The standard InChI is InChI=1S/C18H15NO3/c1-13(20)22-12-15-11-19(17-10-6-5-9-16(15)17)18(21)14-7-3-2-4-8-14/h2-11H,12H2,1H3. The van der Waals surface area contributed by atoms with Gasteiger partial charge in [-0.15, -0.1) is 0 Å². The molecular formula is C18H15NO3. The molecule has 0 unspecified atom stereocenters. The van der Waals surface area contributed by atoms with Crippen LogP contribution in [0.15, 0.2) is 60.8 Å². The molecule has 2 aromatic carbocycles. The van der Waals surface area contributed by atoms with Crippen molar-refractivity contribution in [1.29, 1.82) is 0 Å². The Balaban J connectivity index is 2.06. The van der Waals surface area contributed by atoms with E-state index in [1.165, 1.54) is 6.92 Å². The molecular weight excluding hydrogens is 278 g/mol. The molecule has 0 aliphatic carbocycles. The number of fused-ring (bicyclic) bond motifs is 1. The highest BCUT2D eigenvalue weighted by Crippen LogP contribution is 2.23. The smallest absolute Gasteiger partial charge is 0.302 e. The Bertz CT molecular complexity index is 834. The number of hydrogen-bond donors (Lipinski definition) is 0. The minimum absolute atomic E-state index is 0.106. The first kappa shape index (κ1) is 14.1. The molecule has 4 nitrogen and oxygen atoms in total. The van der Waals surface area contributed by atoms with Crippen LogP contribution in [-0.4, -0.2) is 16.4 Å². The third kappa shape index (κ3) is 2.63. The molecule has 0 aliphatic heterocycles. The minimum atomic E-state index is -0.341. The van der Waals surface area contributed by atoms with E-state index in [1.54, 1.807) is 22.9 Å². The number of para-hydroxylation sites is 1. The zero-order valence-electron chi connectivity index (χ0n) is 12.2. The molecule has 0 spiro atoms. The summed E-state index contributed by atoms with van der Waals surface area (Å²) in [5.41, 5.74) is 2.23. The number of rotatable bonds is 3. The lowest BCUT2D eigenvalue weighted by Gasteiger charge is -2.03. The first-order valence-corrected chi connectivity index (χ1v) is 6.99. The van der Waals surface area contributed by atoms with E-state index >= 15 is 0 Å². The Morgan fingerprint density at radius 2 is 1.68 bits per heavy atom. The fourth-order valence-corrected chi connectivity index (χ4v) is 2.43. The fourth-order valence-electron chi connectivity index (χ4n) is 2.43. The maximum Gasteiger partial charge on any atom is 0.302 e. The van der Waals surface area contributed by atoms with Crippen molar-refractivity contribution in [3.8, 4) is 0 Å². The van der Waals surface area contributed by atoms with Gasteiger partial charge in [-0.3, -0.25) is 14.2 Å². The zero-order chi connectivity index (χ0) is 15.5.